The van der Waals surface area contributed by atoms with Crippen LogP contribution in [0.2, 0.25) is 0 Å². The van der Waals surface area contributed by atoms with E-state index < -0.39 is 0 Å². The van der Waals surface area contributed by atoms with E-state index in [1.54, 1.807) is 0 Å². The van der Waals surface area contributed by atoms with Crippen LogP contribution >= 0.6 is 0 Å². The van der Waals surface area contributed by atoms with Gasteiger partial charge in [0.15, 0.2) is 0 Å². The van der Waals surface area contributed by atoms with Gasteiger partial charge < -0.3 is 11.1 Å². The van der Waals surface area contributed by atoms with Crippen molar-refractivity contribution >= 4 is 5.91 Å². The van der Waals surface area contributed by atoms with Crippen LogP contribution in [0.4, 0.5) is 0 Å². The van der Waals surface area contributed by atoms with Gasteiger partial charge in [-0.3, -0.25) is 4.79 Å². The van der Waals surface area contributed by atoms with Gasteiger partial charge in [-0.2, -0.15) is 0 Å². The first-order chi connectivity index (χ1) is 9.26. The molecule has 1 aromatic carbocycles. The van der Waals surface area contributed by atoms with E-state index >= 15 is 0 Å². The standard InChI is InChI=1S/C17H24N2O/c1-16(2)14(17(16,3)4)13(18)11-6-5-10-7-8-19-15(20)12(10)9-11/h5-6,9,13-14H,7-8,18H2,1-4H3,(H,19,20). The predicted octanol–water partition coefficient (Wildman–Crippen LogP) is 2.65. The molecular formula is C17H24N2O. The van der Waals surface area contributed by atoms with Crippen molar-refractivity contribution in [2.24, 2.45) is 22.5 Å². The zero-order chi connectivity index (χ0) is 14.7. The van der Waals surface area contributed by atoms with Crippen LogP contribution in [0.1, 0.15) is 55.2 Å². The Hall–Kier alpha value is -1.35. The Morgan fingerprint density at radius 3 is 2.50 bits per heavy atom. The third-order valence-corrected chi connectivity index (χ3v) is 5.93. The van der Waals surface area contributed by atoms with E-state index in [2.05, 4.69) is 45.1 Å². The third kappa shape index (κ3) is 1.72. The lowest BCUT2D eigenvalue weighted by Gasteiger charge is -2.20. The van der Waals surface area contributed by atoms with Crippen LogP contribution in [0.25, 0.3) is 0 Å². The van der Waals surface area contributed by atoms with E-state index in [9.17, 15) is 4.79 Å². The normalized spacial score (nSPS) is 24.8. The lowest BCUT2D eigenvalue weighted by atomic mass is 9.92. The number of nitrogens with one attached hydrogen (secondary N) is 1. The minimum atomic E-state index is 0.0000246. The largest absolute Gasteiger partial charge is 0.352 e. The fourth-order valence-electron chi connectivity index (χ4n) is 3.97. The SMILES string of the molecule is CC1(C)C(C(N)c2ccc3c(c2)C(=O)NCC3)C1(C)C. The topological polar surface area (TPSA) is 55.1 Å². The van der Waals surface area contributed by atoms with E-state index in [1.165, 1.54) is 0 Å². The molecule has 1 unspecified atom stereocenters. The van der Waals surface area contributed by atoms with Gasteiger partial charge in [-0.1, -0.05) is 39.8 Å². The smallest absolute Gasteiger partial charge is 0.251 e. The first kappa shape index (κ1) is 13.6. The molecule has 0 spiro atoms. The van der Waals surface area contributed by atoms with Crippen LogP contribution in [0, 0.1) is 16.7 Å². The van der Waals surface area contributed by atoms with Gasteiger partial charge in [-0.15, -0.1) is 0 Å². The maximum Gasteiger partial charge on any atom is 0.251 e. The van der Waals surface area contributed by atoms with Gasteiger partial charge in [0, 0.05) is 18.2 Å². The first-order valence-corrected chi connectivity index (χ1v) is 7.43. The Bertz CT molecular complexity index is 560. The van der Waals surface area contributed by atoms with Gasteiger partial charge in [0.05, 0.1) is 0 Å². The molecule has 0 saturated heterocycles. The fraction of sp³-hybridized carbons (Fsp3) is 0.588. The average molecular weight is 272 g/mol. The molecular weight excluding hydrogens is 248 g/mol. The highest BCUT2D eigenvalue weighted by atomic mass is 16.1. The number of carbonyl (C=O) groups excluding carboxylic acids is 1. The van der Waals surface area contributed by atoms with E-state index in [-0.39, 0.29) is 22.8 Å². The molecule has 1 fully saturated rings. The second-order valence-corrected chi connectivity index (χ2v) is 7.37. The highest BCUT2D eigenvalue weighted by molar-refractivity contribution is 5.96. The first-order valence-electron chi connectivity index (χ1n) is 7.43. The molecule has 20 heavy (non-hydrogen) atoms. The Kier molecular flexibility index (Phi) is 2.78. The number of fused-ring (bicyclic) bond motifs is 1. The second kappa shape index (κ2) is 4.08. The molecule has 1 amide bonds. The molecule has 1 aliphatic carbocycles. The molecule has 3 nitrogen and oxygen atoms in total. The van der Waals surface area contributed by atoms with Crippen molar-refractivity contribution < 1.29 is 4.79 Å². The highest BCUT2D eigenvalue weighted by Gasteiger charge is 2.66. The van der Waals surface area contributed by atoms with Gasteiger partial charge in [0.1, 0.15) is 0 Å². The monoisotopic (exact) mass is 272 g/mol. The van der Waals surface area contributed by atoms with Crippen LogP contribution in [0.3, 0.4) is 0 Å². The maximum absolute atomic E-state index is 11.9. The molecule has 0 bridgehead atoms. The predicted molar refractivity (Wildman–Crippen MR) is 80.5 cm³/mol. The molecule has 1 aliphatic heterocycles. The summed E-state index contributed by atoms with van der Waals surface area (Å²) in [5.41, 5.74) is 10.0. The zero-order valence-electron chi connectivity index (χ0n) is 12.8. The molecule has 108 valence electrons. The van der Waals surface area contributed by atoms with Crippen molar-refractivity contribution in [2.75, 3.05) is 6.54 Å². The summed E-state index contributed by atoms with van der Waals surface area (Å²) < 4.78 is 0. The summed E-state index contributed by atoms with van der Waals surface area (Å²) in [6.45, 7) is 9.86. The lowest BCUT2D eigenvalue weighted by molar-refractivity contribution is 0.0946. The summed E-state index contributed by atoms with van der Waals surface area (Å²) in [5.74, 6) is 0.495. The quantitative estimate of drug-likeness (QED) is 0.869. The number of nitrogens with two attached hydrogens (primary N) is 1. The van der Waals surface area contributed by atoms with Crippen molar-refractivity contribution in [1.29, 1.82) is 0 Å². The van der Waals surface area contributed by atoms with Crippen molar-refractivity contribution in [3.8, 4) is 0 Å². The summed E-state index contributed by atoms with van der Waals surface area (Å²) in [5, 5.41) is 2.90. The van der Waals surface area contributed by atoms with E-state index in [0.717, 1.165) is 29.7 Å². The molecule has 3 rings (SSSR count). The second-order valence-electron chi connectivity index (χ2n) is 7.37. The van der Waals surface area contributed by atoms with Crippen molar-refractivity contribution in [3.63, 3.8) is 0 Å². The van der Waals surface area contributed by atoms with Gasteiger partial charge in [0.25, 0.3) is 5.91 Å². The molecule has 1 aromatic rings. The summed E-state index contributed by atoms with van der Waals surface area (Å²) in [7, 11) is 0. The Morgan fingerprint density at radius 1 is 1.25 bits per heavy atom. The number of amides is 1. The molecule has 2 aliphatic rings. The number of hydrogen-bond donors (Lipinski definition) is 2. The minimum Gasteiger partial charge on any atom is -0.352 e. The van der Waals surface area contributed by atoms with Gasteiger partial charge in [-0.25, -0.2) is 0 Å². The van der Waals surface area contributed by atoms with Gasteiger partial charge in [-0.05, 0) is 40.4 Å². The number of rotatable bonds is 2. The molecule has 1 saturated carbocycles. The summed E-state index contributed by atoms with van der Waals surface area (Å²) in [4.78, 5) is 11.9. The fourth-order valence-corrected chi connectivity index (χ4v) is 3.97. The maximum atomic E-state index is 11.9. The molecule has 1 heterocycles. The number of hydrogen-bond acceptors (Lipinski definition) is 2. The molecule has 0 radical (unpaired) electrons. The average Bonchev–Trinajstić information content (AvgIpc) is 2.79. The summed E-state index contributed by atoms with van der Waals surface area (Å²) >= 11 is 0. The minimum absolute atomic E-state index is 0.0000246. The molecule has 0 aromatic heterocycles. The van der Waals surface area contributed by atoms with Crippen molar-refractivity contribution in [2.45, 2.75) is 40.2 Å². The van der Waals surface area contributed by atoms with Crippen LogP contribution in [-0.4, -0.2) is 12.5 Å². The van der Waals surface area contributed by atoms with Gasteiger partial charge >= 0.3 is 0 Å². The summed E-state index contributed by atoms with van der Waals surface area (Å²) in [6.07, 6.45) is 0.914. The molecule has 1 atom stereocenters. The lowest BCUT2D eigenvalue weighted by Crippen LogP contribution is -2.32. The van der Waals surface area contributed by atoms with Crippen LogP contribution in [0.15, 0.2) is 18.2 Å². The van der Waals surface area contributed by atoms with E-state index in [1.807, 2.05) is 6.07 Å². The summed E-state index contributed by atoms with van der Waals surface area (Å²) in [6, 6.07) is 6.18. The number of benzene rings is 1. The third-order valence-electron chi connectivity index (χ3n) is 5.93. The van der Waals surface area contributed by atoms with Crippen LogP contribution in [-0.2, 0) is 6.42 Å². The zero-order valence-corrected chi connectivity index (χ0v) is 12.8. The van der Waals surface area contributed by atoms with E-state index in [4.69, 9.17) is 5.73 Å². The molecule has 3 N–H and O–H groups in total. The van der Waals surface area contributed by atoms with Crippen LogP contribution in [0.5, 0.6) is 0 Å². The Balaban J connectivity index is 1.93. The van der Waals surface area contributed by atoms with Crippen LogP contribution < -0.4 is 11.1 Å². The van der Waals surface area contributed by atoms with E-state index in [0.29, 0.717) is 5.92 Å². The van der Waals surface area contributed by atoms with Gasteiger partial charge in [0.2, 0.25) is 0 Å². The Labute approximate surface area is 120 Å². The molecule has 3 heteroatoms. The van der Waals surface area contributed by atoms with Crippen molar-refractivity contribution in [3.05, 3.63) is 34.9 Å². The number of carbonyl (C=O) groups is 1. The highest BCUT2D eigenvalue weighted by Crippen LogP contribution is 2.71. The Morgan fingerprint density at radius 2 is 1.90 bits per heavy atom. The van der Waals surface area contributed by atoms with Crippen molar-refractivity contribution in [1.82, 2.24) is 5.32 Å².